The van der Waals surface area contributed by atoms with Gasteiger partial charge in [0.25, 0.3) is 10.0 Å². The van der Waals surface area contributed by atoms with Crippen molar-refractivity contribution in [1.82, 2.24) is 14.3 Å². The van der Waals surface area contributed by atoms with Crippen LogP contribution in [0.25, 0.3) is 0 Å². The largest absolute Gasteiger partial charge is 0.464 e. The molecular formula is C20H26N4O5S4. The number of nitrogens with zero attached hydrogens (tertiary/aromatic N) is 2. The summed E-state index contributed by atoms with van der Waals surface area (Å²) in [6.07, 6.45) is 1.40. The Morgan fingerprint density at radius 2 is 2.03 bits per heavy atom. The molecule has 0 radical (unpaired) electrons. The van der Waals surface area contributed by atoms with E-state index >= 15 is 0 Å². The third-order valence-electron chi connectivity index (χ3n) is 4.29. The molecule has 0 spiro atoms. The van der Waals surface area contributed by atoms with Gasteiger partial charge >= 0.3 is 0 Å². The van der Waals surface area contributed by atoms with E-state index in [1.54, 1.807) is 11.8 Å². The van der Waals surface area contributed by atoms with Crippen LogP contribution in [0.1, 0.15) is 11.5 Å². The molecule has 0 amide bonds. The minimum absolute atomic E-state index is 0.0468. The fraction of sp³-hybridized carbons (Fsp3) is 0.350. The van der Waals surface area contributed by atoms with Crippen molar-refractivity contribution in [2.75, 3.05) is 32.9 Å². The lowest BCUT2D eigenvalue weighted by atomic mass is 10.4. The van der Waals surface area contributed by atoms with Crippen LogP contribution in [0.5, 0.6) is 0 Å². The van der Waals surface area contributed by atoms with Gasteiger partial charge in [-0.25, -0.2) is 21.6 Å². The summed E-state index contributed by atoms with van der Waals surface area (Å²) >= 11 is 2.80. The molecule has 2 heterocycles. The summed E-state index contributed by atoms with van der Waals surface area (Å²) in [5.41, 5.74) is 0. The van der Waals surface area contributed by atoms with Crippen molar-refractivity contribution in [1.29, 1.82) is 0 Å². The molecule has 0 fully saturated rings. The van der Waals surface area contributed by atoms with Gasteiger partial charge in [-0.05, 0) is 44.4 Å². The number of fused-ring (bicyclic) bond motifs is 1. The van der Waals surface area contributed by atoms with Crippen molar-refractivity contribution in [3.05, 3.63) is 54.5 Å². The number of nitrogens with one attached hydrogen (secondary N) is 2. The van der Waals surface area contributed by atoms with Crippen LogP contribution in [0, 0.1) is 0 Å². The second kappa shape index (κ2) is 11.1. The fourth-order valence-electron chi connectivity index (χ4n) is 2.84. The Morgan fingerprint density at radius 1 is 1.27 bits per heavy atom. The molecule has 0 saturated heterocycles. The van der Waals surface area contributed by atoms with E-state index in [2.05, 4.69) is 21.0 Å². The first-order valence-corrected chi connectivity index (χ1v) is 14.8. The van der Waals surface area contributed by atoms with Crippen molar-refractivity contribution in [2.45, 2.75) is 27.0 Å². The van der Waals surface area contributed by atoms with Crippen LogP contribution in [0.4, 0.5) is 0 Å². The fourth-order valence-corrected chi connectivity index (χ4v) is 7.29. The number of aliphatic imine (C=N–C) groups is 1. The van der Waals surface area contributed by atoms with Crippen LogP contribution in [0.15, 0.2) is 67.1 Å². The molecule has 9 nitrogen and oxygen atoms in total. The molecule has 1 aliphatic rings. The van der Waals surface area contributed by atoms with Gasteiger partial charge in [-0.15, -0.1) is 6.58 Å². The van der Waals surface area contributed by atoms with Gasteiger partial charge in [0, 0.05) is 17.2 Å². The van der Waals surface area contributed by atoms with E-state index in [0.29, 0.717) is 22.9 Å². The highest BCUT2D eigenvalue weighted by Gasteiger charge is 2.29. The van der Waals surface area contributed by atoms with Crippen LogP contribution in [0.2, 0.25) is 0 Å². The van der Waals surface area contributed by atoms with E-state index in [1.165, 1.54) is 18.2 Å². The molecule has 0 bridgehead atoms. The average Bonchev–Trinajstić information content (AvgIpc) is 3.17. The molecule has 1 aliphatic heterocycles. The standard InChI is InChI=1S/C20H26N4O5S4/c1-4-9-22-32(25,26)17-7-8-18-19(12-17)33(27,28)23-20(31-18)21-10-11-30-14-16-6-5-15(29-16)13-24(2)3/h4-8,12,22H,1,9-11,13-14H2,2-3H3,(H,21,23). The van der Waals surface area contributed by atoms with Crippen LogP contribution in [-0.2, 0) is 32.3 Å². The van der Waals surface area contributed by atoms with Crippen LogP contribution >= 0.6 is 23.5 Å². The van der Waals surface area contributed by atoms with Crippen molar-refractivity contribution in [2.24, 2.45) is 4.99 Å². The molecule has 1 aromatic carbocycles. The first kappa shape index (κ1) is 25.8. The number of sulfonamides is 2. The number of benzene rings is 1. The van der Waals surface area contributed by atoms with E-state index < -0.39 is 20.0 Å². The molecule has 1 aromatic heterocycles. The van der Waals surface area contributed by atoms with E-state index in [4.69, 9.17) is 4.42 Å². The average molecular weight is 531 g/mol. The summed E-state index contributed by atoms with van der Waals surface area (Å²) < 4.78 is 60.4. The summed E-state index contributed by atoms with van der Waals surface area (Å²) in [7, 11) is -3.80. The summed E-state index contributed by atoms with van der Waals surface area (Å²) in [4.78, 5) is 6.60. The third kappa shape index (κ3) is 7.11. The lowest BCUT2D eigenvalue weighted by Gasteiger charge is -2.20. The monoisotopic (exact) mass is 530 g/mol. The Balaban J connectivity index is 1.59. The van der Waals surface area contributed by atoms with Crippen molar-refractivity contribution >= 4 is 48.7 Å². The number of amidine groups is 1. The number of furan rings is 1. The molecule has 13 heteroatoms. The van der Waals surface area contributed by atoms with E-state index in [0.717, 1.165) is 35.9 Å². The van der Waals surface area contributed by atoms with Gasteiger partial charge in [-0.2, -0.15) is 11.8 Å². The van der Waals surface area contributed by atoms with Crippen molar-refractivity contribution < 1.29 is 21.3 Å². The number of hydrogen-bond donors (Lipinski definition) is 2. The molecule has 33 heavy (non-hydrogen) atoms. The van der Waals surface area contributed by atoms with Gasteiger partial charge in [0.2, 0.25) is 10.0 Å². The zero-order valence-corrected chi connectivity index (χ0v) is 21.5. The predicted molar refractivity (Wildman–Crippen MR) is 133 cm³/mol. The second-order valence-electron chi connectivity index (χ2n) is 7.30. The first-order chi connectivity index (χ1) is 15.6. The topological polar surface area (TPSA) is 121 Å². The molecular weight excluding hydrogens is 505 g/mol. The minimum Gasteiger partial charge on any atom is -0.464 e. The molecule has 0 unspecified atom stereocenters. The van der Waals surface area contributed by atoms with Gasteiger partial charge in [0.1, 0.15) is 16.4 Å². The molecule has 180 valence electrons. The Labute approximate surface area is 203 Å². The highest BCUT2D eigenvalue weighted by Crippen LogP contribution is 2.33. The Morgan fingerprint density at radius 3 is 2.76 bits per heavy atom. The molecule has 0 aliphatic carbocycles. The minimum atomic E-state index is -3.93. The van der Waals surface area contributed by atoms with E-state index in [-0.39, 0.29) is 21.5 Å². The van der Waals surface area contributed by atoms with E-state index in [1.807, 2.05) is 31.1 Å². The van der Waals surface area contributed by atoms with Crippen LogP contribution in [0.3, 0.4) is 0 Å². The zero-order valence-electron chi connectivity index (χ0n) is 18.3. The highest BCUT2D eigenvalue weighted by atomic mass is 32.2. The van der Waals surface area contributed by atoms with Gasteiger partial charge in [-0.3, -0.25) is 9.71 Å². The molecule has 3 rings (SSSR count). The van der Waals surface area contributed by atoms with Gasteiger partial charge in [-0.1, -0.05) is 17.8 Å². The van der Waals surface area contributed by atoms with Crippen LogP contribution < -0.4 is 9.44 Å². The number of rotatable bonds is 11. The molecule has 0 atom stereocenters. The number of hydrogen-bond acceptors (Lipinski definition) is 9. The van der Waals surface area contributed by atoms with Gasteiger partial charge < -0.3 is 9.32 Å². The second-order valence-corrected chi connectivity index (χ2v) is 12.9. The van der Waals surface area contributed by atoms with E-state index in [9.17, 15) is 16.8 Å². The summed E-state index contributed by atoms with van der Waals surface area (Å²) in [5, 5.41) is 0.259. The lowest BCUT2D eigenvalue weighted by molar-refractivity contribution is 0.344. The van der Waals surface area contributed by atoms with Gasteiger partial charge in [0.05, 0.1) is 23.7 Å². The lowest BCUT2D eigenvalue weighted by Crippen LogP contribution is -2.33. The predicted octanol–water partition coefficient (Wildman–Crippen LogP) is 2.48. The number of thioether (sulfide) groups is 2. The Hall–Kier alpha value is -1.77. The van der Waals surface area contributed by atoms with Crippen molar-refractivity contribution in [3.63, 3.8) is 0 Å². The Bertz CT molecular complexity index is 1240. The molecule has 2 aromatic rings. The third-order valence-corrected chi connectivity index (χ3v) is 9.30. The highest BCUT2D eigenvalue weighted by molar-refractivity contribution is 8.16. The smallest absolute Gasteiger partial charge is 0.264 e. The van der Waals surface area contributed by atoms with Crippen LogP contribution in [-0.4, -0.2) is 59.8 Å². The quantitative estimate of drug-likeness (QED) is 0.336. The van der Waals surface area contributed by atoms with Crippen molar-refractivity contribution in [3.8, 4) is 0 Å². The maximum Gasteiger partial charge on any atom is 0.264 e. The molecule has 0 saturated carbocycles. The normalized spacial score (nSPS) is 16.5. The molecule has 2 N–H and O–H groups in total. The first-order valence-electron chi connectivity index (χ1n) is 9.90. The van der Waals surface area contributed by atoms with Gasteiger partial charge in [0.15, 0.2) is 5.17 Å². The summed E-state index contributed by atoms with van der Waals surface area (Å²) in [6.45, 7) is 4.68. The SMILES string of the molecule is C=CCNS(=O)(=O)c1ccc2c(c1)S(=O)(=O)NC(=NCCSCc1ccc(CN(C)C)o1)S2. The zero-order chi connectivity index (χ0) is 24.1. The maximum atomic E-state index is 12.7. The Kier molecular flexibility index (Phi) is 8.70. The maximum absolute atomic E-state index is 12.7. The summed E-state index contributed by atoms with van der Waals surface area (Å²) in [5.74, 6) is 3.19. The summed E-state index contributed by atoms with van der Waals surface area (Å²) in [6, 6.07) is 7.93.